The van der Waals surface area contributed by atoms with Gasteiger partial charge in [0.05, 0.1) is 24.8 Å². The smallest absolute Gasteiger partial charge is 0.295 e. The predicted octanol–water partition coefficient (Wildman–Crippen LogP) is 3.31. The number of hydrogen-bond donors (Lipinski definition) is 1. The maximum atomic E-state index is 13.0. The molecule has 0 bridgehead atoms. The second-order valence-corrected chi connectivity index (χ2v) is 7.76. The van der Waals surface area contributed by atoms with Gasteiger partial charge >= 0.3 is 0 Å². The maximum absolute atomic E-state index is 13.0. The lowest BCUT2D eigenvalue weighted by molar-refractivity contribution is -0.140. The number of methoxy groups -OCH3 is 1. The van der Waals surface area contributed by atoms with Gasteiger partial charge in [0.1, 0.15) is 24.7 Å². The summed E-state index contributed by atoms with van der Waals surface area (Å²) in [4.78, 5) is 27.4. The van der Waals surface area contributed by atoms with Crippen LogP contribution in [0.15, 0.2) is 48.0 Å². The average molecular weight is 453 g/mol. The number of carbonyl (C=O) groups excluding carboxylic acids is 2. The van der Waals surface area contributed by atoms with Crippen LogP contribution in [0.4, 0.5) is 0 Å². The van der Waals surface area contributed by atoms with Crippen LogP contribution in [0.2, 0.25) is 0 Å². The summed E-state index contributed by atoms with van der Waals surface area (Å²) in [6.07, 6.45) is 0.877. The van der Waals surface area contributed by atoms with Gasteiger partial charge in [-0.25, -0.2) is 0 Å². The molecule has 1 fully saturated rings. The first-order chi connectivity index (χ1) is 16.0. The molecule has 0 spiro atoms. The number of likely N-dealkylation sites (tertiary alicyclic amines) is 1. The highest BCUT2D eigenvalue weighted by atomic mass is 16.6. The van der Waals surface area contributed by atoms with Crippen LogP contribution in [0.5, 0.6) is 17.2 Å². The molecule has 1 atom stereocenters. The lowest BCUT2D eigenvalue weighted by Gasteiger charge is -2.26. The third-order valence-corrected chi connectivity index (χ3v) is 5.56. The number of carbonyl (C=O) groups is 2. The van der Waals surface area contributed by atoms with Gasteiger partial charge in [-0.3, -0.25) is 9.59 Å². The molecule has 2 aliphatic rings. The third kappa shape index (κ3) is 4.52. The number of hydrogen-bond acceptors (Lipinski definition) is 7. The van der Waals surface area contributed by atoms with Crippen molar-refractivity contribution < 1.29 is 33.6 Å². The van der Waals surface area contributed by atoms with E-state index >= 15 is 0 Å². The van der Waals surface area contributed by atoms with E-state index < -0.39 is 17.7 Å². The molecule has 1 amide bonds. The van der Waals surface area contributed by atoms with Gasteiger partial charge in [0.15, 0.2) is 11.5 Å². The number of ketones is 1. The van der Waals surface area contributed by atoms with Gasteiger partial charge in [-0.15, -0.1) is 0 Å². The zero-order valence-corrected chi connectivity index (χ0v) is 18.7. The summed E-state index contributed by atoms with van der Waals surface area (Å²) < 4.78 is 22.0. The van der Waals surface area contributed by atoms with Crippen molar-refractivity contribution in [2.24, 2.45) is 0 Å². The molecule has 0 saturated carbocycles. The molecular formula is C25H27NO7. The number of rotatable bonds is 8. The highest BCUT2D eigenvalue weighted by molar-refractivity contribution is 6.46. The maximum Gasteiger partial charge on any atom is 0.295 e. The molecular weight excluding hydrogens is 426 g/mol. The van der Waals surface area contributed by atoms with Crippen LogP contribution < -0.4 is 14.2 Å². The summed E-state index contributed by atoms with van der Waals surface area (Å²) in [5.41, 5.74) is 1.08. The Kier molecular flexibility index (Phi) is 6.84. The van der Waals surface area contributed by atoms with Crippen LogP contribution in [0, 0.1) is 0 Å². The van der Waals surface area contributed by atoms with E-state index in [4.69, 9.17) is 18.9 Å². The Hall–Kier alpha value is -3.52. The minimum Gasteiger partial charge on any atom is -0.507 e. The van der Waals surface area contributed by atoms with Gasteiger partial charge in [-0.05, 0) is 48.4 Å². The molecule has 0 aromatic heterocycles. The van der Waals surface area contributed by atoms with Crippen LogP contribution in [0.25, 0.3) is 5.76 Å². The van der Waals surface area contributed by atoms with Crippen molar-refractivity contribution in [1.29, 1.82) is 0 Å². The third-order valence-electron chi connectivity index (χ3n) is 5.56. The molecule has 8 nitrogen and oxygen atoms in total. The van der Waals surface area contributed by atoms with Crippen LogP contribution in [0.1, 0.15) is 30.5 Å². The van der Waals surface area contributed by atoms with Crippen molar-refractivity contribution in [3.8, 4) is 17.2 Å². The lowest BCUT2D eigenvalue weighted by Crippen LogP contribution is -2.32. The highest BCUT2D eigenvalue weighted by Gasteiger charge is 2.46. The summed E-state index contributed by atoms with van der Waals surface area (Å²) in [6, 6.07) is 11.3. The molecule has 0 aliphatic carbocycles. The fraction of sp³-hybridized carbons (Fsp3) is 0.360. The van der Waals surface area contributed by atoms with E-state index in [-0.39, 0.29) is 24.5 Å². The van der Waals surface area contributed by atoms with Crippen LogP contribution >= 0.6 is 0 Å². The van der Waals surface area contributed by atoms with Gasteiger partial charge in [-0.2, -0.15) is 0 Å². The summed E-state index contributed by atoms with van der Waals surface area (Å²) in [7, 11) is 1.53. The Balaban J connectivity index is 1.77. The van der Waals surface area contributed by atoms with Gasteiger partial charge in [0.25, 0.3) is 11.7 Å². The van der Waals surface area contributed by atoms with Crippen LogP contribution in [0.3, 0.4) is 0 Å². The number of benzene rings is 2. The number of amides is 1. The van der Waals surface area contributed by atoms with Crippen LogP contribution in [-0.4, -0.2) is 61.8 Å². The van der Waals surface area contributed by atoms with Gasteiger partial charge in [0, 0.05) is 19.2 Å². The number of fused-ring (bicyclic) bond motifs is 1. The molecule has 2 aromatic rings. The molecule has 2 aliphatic heterocycles. The SMILES string of the molecule is CCCOc1ccc(/C(O)=C2/C(=O)C(=O)N(CCOC)C2c2ccc3c(c2)OCCO3)cc1. The molecule has 1 N–H and O–H groups in total. The van der Waals surface area contributed by atoms with Crippen molar-refractivity contribution in [1.82, 2.24) is 4.90 Å². The molecule has 174 valence electrons. The number of ether oxygens (including phenoxy) is 4. The Bertz CT molecular complexity index is 1060. The first kappa shape index (κ1) is 22.7. The molecule has 1 saturated heterocycles. The summed E-state index contributed by atoms with van der Waals surface area (Å²) in [6.45, 7) is 3.91. The monoisotopic (exact) mass is 453 g/mol. The zero-order chi connectivity index (χ0) is 23.4. The Morgan fingerprint density at radius 2 is 1.79 bits per heavy atom. The summed E-state index contributed by atoms with van der Waals surface area (Å²) >= 11 is 0. The fourth-order valence-electron chi connectivity index (χ4n) is 3.96. The standard InChI is InChI=1S/C25H27NO7/c1-3-11-31-18-7-4-16(5-8-18)23(27)21-22(26(10-12-30-2)25(29)24(21)28)17-6-9-19-20(15-17)33-14-13-32-19/h4-9,15,22,27H,3,10-14H2,1-2H3/b23-21-. The second-order valence-electron chi connectivity index (χ2n) is 7.76. The minimum absolute atomic E-state index is 0.0232. The fourth-order valence-corrected chi connectivity index (χ4v) is 3.96. The Morgan fingerprint density at radius 3 is 2.48 bits per heavy atom. The first-order valence-corrected chi connectivity index (χ1v) is 10.9. The number of aliphatic hydroxyl groups is 1. The van der Waals surface area contributed by atoms with E-state index in [0.29, 0.717) is 48.2 Å². The van der Waals surface area contributed by atoms with Crippen molar-refractivity contribution >= 4 is 17.4 Å². The van der Waals surface area contributed by atoms with Gasteiger partial charge in [-0.1, -0.05) is 13.0 Å². The van der Waals surface area contributed by atoms with Gasteiger partial charge < -0.3 is 29.0 Å². The first-order valence-electron chi connectivity index (χ1n) is 10.9. The average Bonchev–Trinajstić information content (AvgIpc) is 3.10. The minimum atomic E-state index is -0.785. The van der Waals surface area contributed by atoms with Crippen molar-refractivity contribution in [2.45, 2.75) is 19.4 Å². The lowest BCUT2D eigenvalue weighted by atomic mass is 9.95. The number of aliphatic hydroxyl groups excluding tert-OH is 1. The predicted molar refractivity (Wildman–Crippen MR) is 121 cm³/mol. The molecule has 0 radical (unpaired) electrons. The number of nitrogens with zero attached hydrogens (tertiary/aromatic N) is 1. The van der Waals surface area contributed by atoms with Crippen molar-refractivity contribution in [3.63, 3.8) is 0 Å². The van der Waals surface area contributed by atoms with Crippen molar-refractivity contribution in [2.75, 3.05) is 40.1 Å². The number of Topliss-reactive ketones (excluding diaryl/α,β-unsaturated/α-hetero) is 1. The molecule has 2 heterocycles. The molecule has 33 heavy (non-hydrogen) atoms. The van der Waals surface area contributed by atoms with E-state index in [2.05, 4.69) is 0 Å². The van der Waals surface area contributed by atoms with E-state index in [1.54, 1.807) is 42.5 Å². The molecule has 1 unspecified atom stereocenters. The quantitative estimate of drug-likeness (QED) is 0.372. The van der Waals surface area contributed by atoms with Crippen molar-refractivity contribution in [3.05, 3.63) is 59.2 Å². The van der Waals surface area contributed by atoms with Crippen LogP contribution in [-0.2, 0) is 14.3 Å². The molecule has 2 aromatic carbocycles. The largest absolute Gasteiger partial charge is 0.507 e. The summed E-state index contributed by atoms with van der Waals surface area (Å²) in [5.74, 6) is 0.133. The second kappa shape index (κ2) is 9.95. The van der Waals surface area contributed by atoms with E-state index in [9.17, 15) is 14.7 Å². The molecule has 8 heteroatoms. The van der Waals surface area contributed by atoms with E-state index in [0.717, 1.165) is 6.42 Å². The summed E-state index contributed by atoms with van der Waals surface area (Å²) in [5, 5.41) is 11.1. The zero-order valence-electron chi connectivity index (χ0n) is 18.7. The topological polar surface area (TPSA) is 94.5 Å². The normalized spacial score (nSPS) is 19.1. The van der Waals surface area contributed by atoms with E-state index in [1.807, 2.05) is 6.92 Å². The Labute approximate surface area is 192 Å². The Morgan fingerprint density at radius 1 is 1.06 bits per heavy atom. The van der Waals surface area contributed by atoms with Gasteiger partial charge in [0.2, 0.25) is 0 Å². The molecule has 4 rings (SSSR count). The highest BCUT2D eigenvalue weighted by Crippen LogP contribution is 2.42. The van der Waals surface area contributed by atoms with E-state index in [1.165, 1.54) is 12.0 Å².